The van der Waals surface area contributed by atoms with Crippen LogP contribution in [0.1, 0.15) is 28.7 Å². The Kier molecular flexibility index (Phi) is 6.63. The molecule has 0 spiro atoms. The van der Waals surface area contributed by atoms with Crippen LogP contribution in [0.25, 0.3) is 11.0 Å². The zero-order valence-corrected chi connectivity index (χ0v) is 17.9. The molecule has 0 aliphatic heterocycles. The standard InChI is InChI=1S/C21H24N4O4S/c1-4-29-17-6-8-18(9-7-17)30(27,28)23-12-11-22-21(26)16-5-10-19-20(13-16)25-15(3)14(2)24-19/h5-10,13,23H,4,11-12H2,1-3H3,(H,22,26). The number of aromatic nitrogens is 2. The lowest BCUT2D eigenvalue weighted by molar-refractivity contribution is 0.0954. The Labute approximate surface area is 175 Å². The number of ether oxygens (including phenoxy) is 1. The molecule has 30 heavy (non-hydrogen) atoms. The predicted molar refractivity (Wildman–Crippen MR) is 114 cm³/mol. The Morgan fingerprint density at radius 2 is 1.63 bits per heavy atom. The maximum Gasteiger partial charge on any atom is 0.251 e. The van der Waals surface area contributed by atoms with Crippen LogP contribution in [0, 0.1) is 13.8 Å². The fourth-order valence-corrected chi connectivity index (χ4v) is 3.83. The molecule has 3 rings (SSSR count). The first-order valence-electron chi connectivity index (χ1n) is 9.56. The van der Waals surface area contributed by atoms with Crippen LogP contribution in [-0.2, 0) is 10.0 Å². The average Bonchev–Trinajstić information content (AvgIpc) is 2.72. The molecule has 1 amide bonds. The second-order valence-electron chi connectivity index (χ2n) is 6.66. The van der Waals surface area contributed by atoms with E-state index in [1.807, 2.05) is 20.8 Å². The van der Waals surface area contributed by atoms with E-state index in [1.165, 1.54) is 12.1 Å². The van der Waals surface area contributed by atoms with Gasteiger partial charge in [0.2, 0.25) is 10.0 Å². The van der Waals surface area contributed by atoms with E-state index < -0.39 is 10.0 Å². The van der Waals surface area contributed by atoms with Gasteiger partial charge in [-0.1, -0.05) is 0 Å². The Morgan fingerprint density at radius 1 is 0.967 bits per heavy atom. The monoisotopic (exact) mass is 428 g/mol. The van der Waals surface area contributed by atoms with Crippen molar-refractivity contribution in [3.8, 4) is 5.75 Å². The third-order valence-corrected chi connectivity index (χ3v) is 5.96. The van der Waals surface area contributed by atoms with Gasteiger partial charge in [-0.05, 0) is 63.2 Å². The lowest BCUT2D eigenvalue weighted by Gasteiger charge is -2.09. The van der Waals surface area contributed by atoms with E-state index in [4.69, 9.17) is 4.74 Å². The van der Waals surface area contributed by atoms with Crippen molar-refractivity contribution in [1.29, 1.82) is 0 Å². The topological polar surface area (TPSA) is 110 Å². The zero-order chi connectivity index (χ0) is 21.7. The van der Waals surface area contributed by atoms with Crippen molar-refractivity contribution in [2.24, 2.45) is 0 Å². The molecule has 0 atom stereocenters. The van der Waals surface area contributed by atoms with Crippen LogP contribution < -0.4 is 14.8 Å². The molecule has 0 radical (unpaired) electrons. The summed E-state index contributed by atoms with van der Waals surface area (Å²) >= 11 is 0. The van der Waals surface area contributed by atoms with Crippen LogP contribution in [0.15, 0.2) is 47.4 Å². The molecule has 2 aromatic carbocycles. The molecule has 0 aliphatic rings. The van der Waals surface area contributed by atoms with E-state index in [-0.39, 0.29) is 23.9 Å². The first-order chi connectivity index (χ1) is 14.3. The van der Waals surface area contributed by atoms with Gasteiger partial charge >= 0.3 is 0 Å². The van der Waals surface area contributed by atoms with Gasteiger partial charge in [-0.15, -0.1) is 0 Å². The zero-order valence-electron chi connectivity index (χ0n) is 17.1. The minimum absolute atomic E-state index is 0.0625. The molecule has 1 heterocycles. The van der Waals surface area contributed by atoms with Crippen molar-refractivity contribution in [2.75, 3.05) is 19.7 Å². The molecule has 1 aromatic heterocycles. The van der Waals surface area contributed by atoms with Crippen molar-refractivity contribution in [1.82, 2.24) is 20.0 Å². The third kappa shape index (κ3) is 5.11. The van der Waals surface area contributed by atoms with Crippen LogP contribution in [0.4, 0.5) is 0 Å². The molecule has 0 unspecified atom stereocenters. The van der Waals surface area contributed by atoms with Crippen molar-refractivity contribution < 1.29 is 17.9 Å². The second kappa shape index (κ2) is 9.19. The summed E-state index contributed by atoms with van der Waals surface area (Å²) in [7, 11) is -3.67. The summed E-state index contributed by atoms with van der Waals surface area (Å²) in [5, 5.41) is 2.71. The smallest absolute Gasteiger partial charge is 0.251 e. The molecule has 0 aliphatic carbocycles. The lowest BCUT2D eigenvalue weighted by atomic mass is 10.1. The Morgan fingerprint density at radius 3 is 2.30 bits per heavy atom. The number of hydrogen-bond donors (Lipinski definition) is 2. The minimum atomic E-state index is -3.67. The molecule has 8 nitrogen and oxygen atoms in total. The van der Waals surface area contributed by atoms with Crippen molar-refractivity contribution in [2.45, 2.75) is 25.7 Å². The average molecular weight is 429 g/mol. The molecule has 0 saturated heterocycles. The fraction of sp³-hybridized carbons (Fsp3) is 0.286. The van der Waals surface area contributed by atoms with Crippen LogP contribution in [0.2, 0.25) is 0 Å². The highest BCUT2D eigenvalue weighted by Gasteiger charge is 2.14. The molecule has 2 N–H and O–H groups in total. The maximum atomic E-state index is 12.4. The number of hydrogen-bond acceptors (Lipinski definition) is 6. The summed E-state index contributed by atoms with van der Waals surface area (Å²) in [5.74, 6) is 0.298. The summed E-state index contributed by atoms with van der Waals surface area (Å²) in [6, 6.07) is 11.3. The van der Waals surface area contributed by atoms with Crippen molar-refractivity contribution in [3.63, 3.8) is 0 Å². The highest BCUT2D eigenvalue weighted by Crippen LogP contribution is 2.16. The van der Waals surface area contributed by atoms with Crippen LogP contribution in [0.5, 0.6) is 5.75 Å². The maximum absolute atomic E-state index is 12.4. The largest absolute Gasteiger partial charge is 0.494 e. The number of sulfonamides is 1. The van der Waals surface area contributed by atoms with Gasteiger partial charge in [-0.2, -0.15) is 0 Å². The normalized spacial score (nSPS) is 11.4. The van der Waals surface area contributed by atoms with Crippen LogP contribution >= 0.6 is 0 Å². The summed E-state index contributed by atoms with van der Waals surface area (Å²) in [6.45, 7) is 6.32. The number of rotatable bonds is 8. The van der Waals surface area contributed by atoms with Crippen LogP contribution in [0.3, 0.4) is 0 Å². The van der Waals surface area contributed by atoms with E-state index in [0.29, 0.717) is 23.4 Å². The number of amides is 1. The van der Waals surface area contributed by atoms with Gasteiger partial charge in [0.05, 0.1) is 33.9 Å². The quantitative estimate of drug-likeness (QED) is 0.533. The van der Waals surface area contributed by atoms with E-state index in [1.54, 1.807) is 30.3 Å². The summed E-state index contributed by atoms with van der Waals surface area (Å²) in [5.41, 5.74) is 3.46. The number of aryl methyl sites for hydroxylation is 2. The Bertz CT molecular complexity index is 1160. The molecule has 3 aromatic rings. The number of carbonyl (C=O) groups is 1. The van der Waals surface area contributed by atoms with Crippen molar-refractivity contribution >= 4 is 27.0 Å². The predicted octanol–water partition coefficient (Wildman–Crippen LogP) is 2.35. The van der Waals surface area contributed by atoms with Crippen molar-refractivity contribution in [3.05, 3.63) is 59.4 Å². The van der Waals surface area contributed by atoms with E-state index in [9.17, 15) is 13.2 Å². The number of benzene rings is 2. The Balaban J connectivity index is 1.56. The minimum Gasteiger partial charge on any atom is -0.494 e. The van der Waals surface area contributed by atoms with Gasteiger partial charge in [0.15, 0.2) is 0 Å². The molecule has 0 saturated carbocycles. The number of carbonyl (C=O) groups excluding carboxylic acids is 1. The van der Waals surface area contributed by atoms with E-state index in [0.717, 1.165) is 16.9 Å². The van der Waals surface area contributed by atoms with Gasteiger partial charge < -0.3 is 10.1 Å². The molecule has 158 valence electrons. The highest BCUT2D eigenvalue weighted by atomic mass is 32.2. The summed E-state index contributed by atoms with van der Waals surface area (Å²) in [4.78, 5) is 21.4. The lowest BCUT2D eigenvalue weighted by Crippen LogP contribution is -2.34. The fourth-order valence-electron chi connectivity index (χ4n) is 2.80. The number of nitrogens with zero attached hydrogens (tertiary/aromatic N) is 2. The van der Waals surface area contributed by atoms with E-state index in [2.05, 4.69) is 20.0 Å². The van der Waals surface area contributed by atoms with Crippen LogP contribution in [-0.4, -0.2) is 44.0 Å². The van der Waals surface area contributed by atoms with Gasteiger partial charge in [0.1, 0.15) is 5.75 Å². The first-order valence-corrected chi connectivity index (χ1v) is 11.0. The van der Waals surface area contributed by atoms with Gasteiger partial charge in [0, 0.05) is 18.7 Å². The second-order valence-corrected chi connectivity index (χ2v) is 8.42. The molecule has 9 heteroatoms. The number of fused-ring (bicyclic) bond motifs is 1. The number of nitrogens with one attached hydrogen (secondary N) is 2. The highest BCUT2D eigenvalue weighted by molar-refractivity contribution is 7.89. The SMILES string of the molecule is CCOc1ccc(S(=O)(=O)NCCNC(=O)c2ccc3nc(C)c(C)nc3c2)cc1. The summed E-state index contributed by atoms with van der Waals surface area (Å²) in [6.07, 6.45) is 0. The molecule has 0 bridgehead atoms. The first kappa shape index (κ1) is 21.7. The Hall–Kier alpha value is -3.04. The molecular formula is C21H24N4O4S. The third-order valence-electron chi connectivity index (χ3n) is 4.49. The van der Waals surface area contributed by atoms with Gasteiger partial charge in [-0.3, -0.25) is 4.79 Å². The molecular weight excluding hydrogens is 404 g/mol. The van der Waals surface area contributed by atoms with Gasteiger partial charge in [0.25, 0.3) is 5.91 Å². The van der Waals surface area contributed by atoms with E-state index >= 15 is 0 Å². The van der Waals surface area contributed by atoms with Gasteiger partial charge in [-0.25, -0.2) is 23.1 Å². The summed E-state index contributed by atoms with van der Waals surface area (Å²) < 4.78 is 32.5. The molecule has 0 fully saturated rings.